The molecule has 1 aromatic rings. The molecule has 0 aliphatic heterocycles. The molecule has 0 unspecified atom stereocenters. The van der Waals surface area contributed by atoms with Crippen LogP contribution in [0.1, 0.15) is 31.4 Å². The molecule has 20 heavy (non-hydrogen) atoms. The van der Waals surface area contributed by atoms with Crippen LogP contribution in [0.4, 0.5) is 0 Å². The smallest absolute Gasteiger partial charge is 0.243 e. The molecule has 4 nitrogen and oxygen atoms in total. The molecule has 0 fully saturated rings. The van der Waals surface area contributed by atoms with Crippen molar-refractivity contribution in [2.45, 2.75) is 38.6 Å². The van der Waals surface area contributed by atoms with Gasteiger partial charge in [0.25, 0.3) is 0 Å². The van der Waals surface area contributed by atoms with Crippen LogP contribution in [-0.4, -0.2) is 32.9 Å². The summed E-state index contributed by atoms with van der Waals surface area (Å²) in [5.41, 5.74) is 1.67. The summed E-state index contributed by atoms with van der Waals surface area (Å²) in [5, 5.41) is 3.48. The van der Waals surface area contributed by atoms with Gasteiger partial charge in [0.15, 0.2) is 0 Å². The second-order valence-corrected chi connectivity index (χ2v) is 7.06. The van der Waals surface area contributed by atoms with Crippen molar-refractivity contribution in [3.63, 3.8) is 0 Å². The van der Waals surface area contributed by atoms with E-state index in [0.717, 1.165) is 17.5 Å². The molecule has 6 heteroatoms. The van der Waals surface area contributed by atoms with Gasteiger partial charge in [-0.25, -0.2) is 8.42 Å². The fraction of sp³-hybridized carbons (Fsp3) is 0.571. The third-order valence-corrected chi connectivity index (χ3v) is 5.56. The van der Waals surface area contributed by atoms with Crippen LogP contribution in [0.15, 0.2) is 17.0 Å². The minimum Gasteiger partial charge on any atom is -0.316 e. The Morgan fingerprint density at radius 2 is 1.95 bits per heavy atom. The van der Waals surface area contributed by atoms with E-state index in [-0.39, 0.29) is 0 Å². The molecule has 0 amide bonds. The molecule has 0 heterocycles. The van der Waals surface area contributed by atoms with E-state index in [2.05, 4.69) is 5.32 Å². The predicted molar refractivity (Wildman–Crippen MR) is 83.7 cm³/mol. The summed E-state index contributed by atoms with van der Waals surface area (Å²) in [6.45, 7) is 7.22. The van der Waals surface area contributed by atoms with Gasteiger partial charge in [-0.1, -0.05) is 25.4 Å². The van der Waals surface area contributed by atoms with Crippen molar-refractivity contribution >= 4 is 21.6 Å². The van der Waals surface area contributed by atoms with Gasteiger partial charge >= 0.3 is 0 Å². The Hall–Kier alpha value is -0.620. The first-order valence-electron chi connectivity index (χ1n) is 6.82. The van der Waals surface area contributed by atoms with Gasteiger partial charge in [-0.05, 0) is 43.7 Å². The van der Waals surface area contributed by atoms with E-state index >= 15 is 0 Å². The molecule has 0 aromatic heterocycles. The van der Waals surface area contributed by atoms with Gasteiger partial charge in [0, 0.05) is 24.7 Å². The topological polar surface area (TPSA) is 49.4 Å². The lowest BCUT2D eigenvalue weighted by atomic mass is 10.1. The minimum absolute atomic E-state index is 0.311. The van der Waals surface area contributed by atoms with E-state index in [4.69, 9.17) is 11.6 Å². The average molecular weight is 319 g/mol. The highest BCUT2D eigenvalue weighted by Gasteiger charge is 2.25. The van der Waals surface area contributed by atoms with Crippen LogP contribution >= 0.6 is 11.6 Å². The maximum absolute atomic E-state index is 12.7. The van der Waals surface area contributed by atoms with E-state index in [1.54, 1.807) is 6.07 Å². The lowest BCUT2D eigenvalue weighted by molar-refractivity contribution is 0.426. The van der Waals surface area contributed by atoms with Crippen LogP contribution in [0.25, 0.3) is 0 Å². The number of halogens is 1. The summed E-state index contributed by atoms with van der Waals surface area (Å²) >= 11 is 6.08. The van der Waals surface area contributed by atoms with Crippen LogP contribution in [0.2, 0.25) is 5.02 Å². The zero-order valence-electron chi connectivity index (χ0n) is 12.5. The number of benzene rings is 1. The van der Waals surface area contributed by atoms with Crippen LogP contribution in [0.5, 0.6) is 0 Å². The monoisotopic (exact) mass is 318 g/mol. The summed E-state index contributed by atoms with van der Waals surface area (Å²) in [4.78, 5) is 0.311. The fourth-order valence-electron chi connectivity index (χ4n) is 2.19. The lowest BCUT2D eigenvalue weighted by Crippen LogP contribution is -2.32. The highest BCUT2D eigenvalue weighted by Crippen LogP contribution is 2.27. The summed E-state index contributed by atoms with van der Waals surface area (Å²) in [6, 6.07) is 3.35. The van der Waals surface area contributed by atoms with Gasteiger partial charge in [0.2, 0.25) is 10.0 Å². The number of rotatable bonds is 7. The van der Waals surface area contributed by atoms with Gasteiger partial charge in [0.05, 0.1) is 4.90 Å². The van der Waals surface area contributed by atoms with Crippen molar-refractivity contribution in [1.82, 2.24) is 9.62 Å². The van der Waals surface area contributed by atoms with E-state index in [1.807, 2.05) is 33.9 Å². The Kier molecular flexibility index (Phi) is 6.45. The highest BCUT2D eigenvalue weighted by atomic mass is 35.5. The van der Waals surface area contributed by atoms with Gasteiger partial charge in [-0.2, -0.15) is 4.31 Å². The molecule has 0 spiro atoms. The molecule has 0 bridgehead atoms. The van der Waals surface area contributed by atoms with Crippen molar-refractivity contribution in [1.29, 1.82) is 0 Å². The Morgan fingerprint density at radius 3 is 2.45 bits per heavy atom. The Morgan fingerprint density at radius 1 is 1.30 bits per heavy atom. The zero-order chi connectivity index (χ0) is 15.3. The Labute approximate surface area is 127 Å². The first kappa shape index (κ1) is 17.4. The summed E-state index contributed by atoms with van der Waals surface area (Å²) < 4.78 is 27.0. The first-order chi connectivity index (χ1) is 9.38. The number of nitrogens with zero attached hydrogens (tertiary/aromatic N) is 1. The third-order valence-electron chi connectivity index (χ3n) is 3.24. The predicted octanol–water partition coefficient (Wildman–Crippen LogP) is 2.79. The molecule has 1 aromatic carbocycles. The van der Waals surface area contributed by atoms with Gasteiger partial charge in [0.1, 0.15) is 0 Å². The molecule has 0 saturated carbocycles. The molecule has 0 aliphatic carbocycles. The maximum Gasteiger partial charge on any atom is 0.243 e. The second kappa shape index (κ2) is 7.41. The van der Waals surface area contributed by atoms with E-state index in [9.17, 15) is 8.42 Å². The van der Waals surface area contributed by atoms with Crippen molar-refractivity contribution in [3.8, 4) is 0 Å². The minimum atomic E-state index is -3.49. The number of hydrogen-bond acceptors (Lipinski definition) is 3. The van der Waals surface area contributed by atoms with Crippen molar-refractivity contribution in [2.75, 3.05) is 20.1 Å². The number of sulfonamides is 1. The van der Waals surface area contributed by atoms with Crippen molar-refractivity contribution < 1.29 is 8.42 Å². The largest absolute Gasteiger partial charge is 0.316 e. The summed E-state index contributed by atoms with van der Waals surface area (Å²) in [6.07, 6.45) is 0.788. The van der Waals surface area contributed by atoms with Gasteiger partial charge in [-0.15, -0.1) is 0 Å². The molecule has 114 valence electrons. The van der Waals surface area contributed by atoms with E-state index in [1.165, 1.54) is 4.31 Å². The molecule has 0 aliphatic rings. The summed E-state index contributed by atoms with van der Waals surface area (Å²) in [7, 11) is -1.66. The summed E-state index contributed by atoms with van der Waals surface area (Å²) in [5.74, 6) is 0. The Bertz CT molecular complexity index is 559. The van der Waals surface area contributed by atoms with Crippen LogP contribution in [0.3, 0.4) is 0 Å². The van der Waals surface area contributed by atoms with E-state index in [0.29, 0.717) is 29.6 Å². The Balaban J connectivity index is 3.37. The number of hydrogen-bond donors (Lipinski definition) is 1. The lowest BCUT2D eigenvalue weighted by Gasteiger charge is -2.22. The second-order valence-electron chi connectivity index (χ2n) is 4.72. The standard InChI is InChI=1S/C14H23ClN2O2S/c1-5-7-17(6-2)20(18,19)14-9-13(15)8-12(10-16-4)11(14)3/h8-9,16H,5-7,10H2,1-4H3. The maximum atomic E-state index is 12.7. The van der Waals surface area contributed by atoms with Crippen molar-refractivity contribution in [2.24, 2.45) is 0 Å². The van der Waals surface area contributed by atoms with Crippen molar-refractivity contribution in [3.05, 3.63) is 28.3 Å². The van der Waals surface area contributed by atoms with Gasteiger partial charge in [-0.3, -0.25) is 0 Å². The SMILES string of the molecule is CCCN(CC)S(=O)(=O)c1cc(Cl)cc(CNC)c1C. The highest BCUT2D eigenvalue weighted by molar-refractivity contribution is 7.89. The molecule has 0 saturated heterocycles. The van der Waals surface area contributed by atoms with Gasteiger partial charge < -0.3 is 5.32 Å². The van der Waals surface area contributed by atoms with Crippen LogP contribution in [-0.2, 0) is 16.6 Å². The molecule has 1 N–H and O–H groups in total. The molecular formula is C14H23ClN2O2S. The molecular weight excluding hydrogens is 296 g/mol. The normalized spacial score (nSPS) is 12.1. The quantitative estimate of drug-likeness (QED) is 0.841. The van der Waals surface area contributed by atoms with Crippen LogP contribution < -0.4 is 5.32 Å². The molecule has 0 radical (unpaired) electrons. The first-order valence-corrected chi connectivity index (χ1v) is 8.64. The third kappa shape index (κ3) is 3.73. The average Bonchev–Trinajstić information content (AvgIpc) is 2.39. The molecule has 1 rings (SSSR count). The zero-order valence-corrected chi connectivity index (χ0v) is 14.1. The molecule has 0 atom stereocenters. The van der Waals surface area contributed by atoms with E-state index < -0.39 is 10.0 Å². The number of nitrogens with one attached hydrogen (secondary N) is 1. The van der Waals surface area contributed by atoms with Crippen LogP contribution in [0, 0.1) is 6.92 Å². The fourth-order valence-corrected chi connectivity index (χ4v) is 4.33.